The predicted octanol–water partition coefficient (Wildman–Crippen LogP) is 2.41. The average Bonchev–Trinajstić information content (AvgIpc) is 2.34. The van der Waals surface area contributed by atoms with Gasteiger partial charge in [0.25, 0.3) is 5.56 Å². The molecule has 0 atom stereocenters. The fourth-order valence-electron chi connectivity index (χ4n) is 2.64. The van der Waals surface area contributed by atoms with Crippen LogP contribution in [0.25, 0.3) is 0 Å². The van der Waals surface area contributed by atoms with Gasteiger partial charge in [0, 0.05) is 31.4 Å². The van der Waals surface area contributed by atoms with Crippen molar-refractivity contribution in [1.82, 2.24) is 9.88 Å². The van der Waals surface area contributed by atoms with Gasteiger partial charge in [-0.05, 0) is 37.2 Å². The van der Waals surface area contributed by atoms with Gasteiger partial charge in [0.1, 0.15) is 0 Å². The SMILES string of the molecule is CC1(C)CCC(NCCn2ccccc2=O)CC1. The van der Waals surface area contributed by atoms with Crippen molar-refractivity contribution in [2.75, 3.05) is 6.54 Å². The van der Waals surface area contributed by atoms with Crippen LogP contribution in [-0.2, 0) is 6.54 Å². The molecule has 2 rings (SSSR count). The molecule has 1 fully saturated rings. The fourth-order valence-corrected chi connectivity index (χ4v) is 2.64. The topological polar surface area (TPSA) is 34.0 Å². The highest BCUT2D eigenvalue weighted by Gasteiger charge is 2.26. The van der Waals surface area contributed by atoms with Crippen molar-refractivity contribution in [3.8, 4) is 0 Å². The highest BCUT2D eigenvalue weighted by Crippen LogP contribution is 2.34. The van der Waals surface area contributed by atoms with Crippen LogP contribution >= 0.6 is 0 Å². The van der Waals surface area contributed by atoms with Crippen LogP contribution in [-0.4, -0.2) is 17.2 Å². The molecule has 0 spiro atoms. The van der Waals surface area contributed by atoms with Gasteiger partial charge in [-0.2, -0.15) is 0 Å². The molecule has 1 aromatic heterocycles. The van der Waals surface area contributed by atoms with Crippen LogP contribution < -0.4 is 10.9 Å². The lowest BCUT2D eigenvalue weighted by Crippen LogP contribution is -2.38. The van der Waals surface area contributed by atoms with Crippen molar-refractivity contribution in [2.45, 2.75) is 52.1 Å². The van der Waals surface area contributed by atoms with Crippen molar-refractivity contribution in [1.29, 1.82) is 0 Å². The van der Waals surface area contributed by atoms with Gasteiger partial charge in [-0.1, -0.05) is 19.9 Å². The molecule has 1 aliphatic rings. The second-order valence-electron chi connectivity index (χ2n) is 6.12. The minimum Gasteiger partial charge on any atom is -0.314 e. The molecule has 3 nitrogen and oxygen atoms in total. The maximum Gasteiger partial charge on any atom is 0.250 e. The molecular formula is C15H24N2O. The van der Waals surface area contributed by atoms with Crippen LogP contribution in [0, 0.1) is 5.41 Å². The van der Waals surface area contributed by atoms with E-state index in [-0.39, 0.29) is 5.56 Å². The van der Waals surface area contributed by atoms with Crippen LogP contribution in [0.4, 0.5) is 0 Å². The van der Waals surface area contributed by atoms with Gasteiger partial charge in [0.05, 0.1) is 0 Å². The van der Waals surface area contributed by atoms with E-state index < -0.39 is 0 Å². The van der Waals surface area contributed by atoms with Gasteiger partial charge in [-0.3, -0.25) is 4.79 Å². The zero-order chi connectivity index (χ0) is 13.0. The van der Waals surface area contributed by atoms with Gasteiger partial charge < -0.3 is 9.88 Å². The van der Waals surface area contributed by atoms with E-state index in [4.69, 9.17) is 0 Å². The third-order valence-electron chi connectivity index (χ3n) is 4.02. The maximum atomic E-state index is 11.5. The van der Waals surface area contributed by atoms with E-state index >= 15 is 0 Å². The molecule has 0 aromatic carbocycles. The van der Waals surface area contributed by atoms with Crippen LogP contribution in [0.2, 0.25) is 0 Å². The predicted molar refractivity (Wildman–Crippen MR) is 74.7 cm³/mol. The van der Waals surface area contributed by atoms with E-state index in [1.807, 2.05) is 12.3 Å². The summed E-state index contributed by atoms with van der Waals surface area (Å²) in [7, 11) is 0. The number of pyridine rings is 1. The van der Waals surface area contributed by atoms with Crippen LogP contribution in [0.15, 0.2) is 29.2 Å². The van der Waals surface area contributed by atoms with Gasteiger partial charge in [-0.25, -0.2) is 0 Å². The molecule has 0 amide bonds. The minimum absolute atomic E-state index is 0.0871. The van der Waals surface area contributed by atoms with Crippen molar-refractivity contribution < 1.29 is 0 Å². The number of aromatic nitrogens is 1. The van der Waals surface area contributed by atoms with E-state index in [1.54, 1.807) is 16.7 Å². The van der Waals surface area contributed by atoms with Gasteiger partial charge in [-0.15, -0.1) is 0 Å². The van der Waals surface area contributed by atoms with E-state index in [0.29, 0.717) is 11.5 Å². The minimum atomic E-state index is 0.0871. The lowest BCUT2D eigenvalue weighted by Gasteiger charge is -2.34. The third-order valence-corrected chi connectivity index (χ3v) is 4.02. The second-order valence-corrected chi connectivity index (χ2v) is 6.12. The Bertz CT molecular complexity index is 426. The Labute approximate surface area is 109 Å². The standard InChI is InChI=1S/C15H24N2O/c1-15(2)8-6-13(7-9-15)16-10-12-17-11-4-3-5-14(17)18/h3-5,11,13,16H,6-10,12H2,1-2H3. The van der Waals surface area contributed by atoms with E-state index in [9.17, 15) is 4.79 Å². The Kier molecular flexibility index (Phi) is 4.23. The molecule has 0 bridgehead atoms. The summed E-state index contributed by atoms with van der Waals surface area (Å²) >= 11 is 0. The molecule has 0 radical (unpaired) electrons. The summed E-state index contributed by atoms with van der Waals surface area (Å²) in [4.78, 5) is 11.5. The summed E-state index contributed by atoms with van der Waals surface area (Å²) in [6.07, 6.45) is 6.98. The highest BCUT2D eigenvalue weighted by molar-refractivity contribution is 4.93. The Hall–Kier alpha value is -1.09. The number of nitrogens with zero attached hydrogens (tertiary/aromatic N) is 1. The first kappa shape index (κ1) is 13.3. The maximum absolute atomic E-state index is 11.5. The Morgan fingerprint density at radius 3 is 2.72 bits per heavy atom. The Morgan fingerprint density at radius 2 is 2.06 bits per heavy atom. The molecule has 18 heavy (non-hydrogen) atoms. The first-order valence-electron chi connectivity index (χ1n) is 6.96. The van der Waals surface area contributed by atoms with Crippen molar-refractivity contribution in [3.63, 3.8) is 0 Å². The van der Waals surface area contributed by atoms with Crippen LogP contribution in [0.1, 0.15) is 39.5 Å². The first-order chi connectivity index (χ1) is 8.57. The molecule has 0 unspecified atom stereocenters. The largest absolute Gasteiger partial charge is 0.314 e. The average molecular weight is 248 g/mol. The lowest BCUT2D eigenvalue weighted by atomic mass is 9.75. The quantitative estimate of drug-likeness (QED) is 0.888. The van der Waals surface area contributed by atoms with E-state index in [0.717, 1.165) is 13.1 Å². The zero-order valence-electron chi connectivity index (χ0n) is 11.5. The third kappa shape index (κ3) is 3.70. The molecule has 3 heteroatoms. The molecule has 100 valence electrons. The molecule has 0 aliphatic heterocycles. The monoisotopic (exact) mass is 248 g/mol. The van der Waals surface area contributed by atoms with Gasteiger partial charge in [0.15, 0.2) is 0 Å². The number of nitrogens with one attached hydrogen (secondary N) is 1. The van der Waals surface area contributed by atoms with Crippen LogP contribution in [0.5, 0.6) is 0 Å². The summed E-state index contributed by atoms with van der Waals surface area (Å²) in [5.41, 5.74) is 0.609. The second kappa shape index (κ2) is 5.70. The van der Waals surface area contributed by atoms with E-state index in [2.05, 4.69) is 19.2 Å². The summed E-state index contributed by atoms with van der Waals surface area (Å²) in [6, 6.07) is 5.95. The smallest absolute Gasteiger partial charge is 0.250 e. The number of hydrogen-bond acceptors (Lipinski definition) is 2. The summed E-state index contributed by atoms with van der Waals surface area (Å²) in [5.74, 6) is 0. The molecule has 1 aliphatic carbocycles. The fraction of sp³-hybridized carbons (Fsp3) is 0.667. The molecule has 1 heterocycles. The molecule has 1 N–H and O–H groups in total. The molecular weight excluding hydrogens is 224 g/mol. The molecule has 0 saturated heterocycles. The van der Waals surface area contributed by atoms with Crippen LogP contribution in [0.3, 0.4) is 0 Å². The summed E-state index contributed by atoms with van der Waals surface area (Å²) in [5, 5.41) is 3.58. The zero-order valence-corrected chi connectivity index (χ0v) is 11.5. The Morgan fingerprint density at radius 1 is 1.33 bits per heavy atom. The molecule has 1 aromatic rings. The first-order valence-corrected chi connectivity index (χ1v) is 6.96. The van der Waals surface area contributed by atoms with Crippen molar-refractivity contribution >= 4 is 0 Å². The van der Waals surface area contributed by atoms with Gasteiger partial charge >= 0.3 is 0 Å². The normalized spacial score (nSPS) is 19.9. The number of rotatable bonds is 4. The summed E-state index contributed by atoms with van der Waals surface area (Å²) in [6.45, 7) is 6.36. The summed E-state index contributed by atoms with van der Waals surface area (Å²) < 4.78 is 1.76. The highest BCUT2D eigenvalue weighted by atomic mass is 16.1. The Balaban J connectivity index is 1.74. The van der Waals surface area contributed by atoms with Crippen molar-refractivity contribution in [2.24, 2.45) is 5.41 Å². The lowest BCUT2D eigenvalue weighted by molar-refractivity contribution is 0.206. The van der Waals surface area contributed by atoms with Crippen molar-refractivity contribution in [3.05, 3.63) is 34.7 Å². The molecule has 1 saturated carbocycles. The van der Waals surface area contributed by atoms with Gasteiger partial charge in [0.2, 0.25) is 0 Å². The number of hydrogen-bond donors (Lipinski definition) is 1. The van der Waals surface area contributed by atoms with E-state index in [1.165, 1.54) is 25.7 Å².